The van der Waals surface area contributed by atoms with Crippen LogP contribution in [0.25, 0.3) is 0 Å². The van der Waals surface area contributed by atoms with Crippen LogP contribution in [0.2, 0.25) is 0 Å². The molecule has 1 atom stereocenters. The van der Waals surface area contributed by atoms with Crippen molar-refractivity contribution in [3.8, 4) is 0 Å². The smallest absolute Gasteiger partial charge is 0.333 e. The Hall–Kier alpha value is -1.13. The maximum absolute atomic E-state index is 11.1. The molecule has 0 saturated heterocycles. The number of esters is 1. The van der Waals surface area contributed by atoms with Crippen molar-refractivity contribution in [3.05, 3.63) is 24.3 Å². The Morgan fingerprint density at radius 2 is 2.00 bits per heavy atom. The normalized spacial score (nSPS) is 11.9. The van der Waals surface area contributed by atoms with E-state index in [0.29, 0.717) is 12.2 Å². The Kier molecular flexibility index (Phi) is 6.66. The topological polar surface area (TPSA) is 55.8 Å². The molecule has 0 aliphatic carbocycles. The maximum Gasteiger partial charge on any atom is 0.333 e. The van der Waals surface area contributed by atoms with E-state index in [4.69, 9.17) is 14.6 Å². The molecule has 0 aromatic carbocycles. The molecule has 0 bridgehead atoms. The molecular formula is C11H18O4. The van der Waals surface area contributed by atoms with Crippen LogP contribution in [0.1, 0.15) is 13.8 Å². The van der Waals surface area contributed by atoms with E-state index in [1.165, 1.54) is 0 Å². The average molecular weight is 214 g/mol. The Labute approximate surface area is 90.2 Å². The van der Waals surface area contributed by atoms with Crippen LogP contribution in [-0.4, -0.2) is 37.0 Å². The van der Waals surface area contributed by atoms with Crippen molar-refractivity contribution in [2.75, 3.05) is 19.8 Å². The number of rotatable bonds is 7. The fraction of sp³-hybridized carbons (Fsp3) is 0.545. The monoisotopic (exact) mass is 214 g/mol. The van der Waals surface area contributed by atoms with Crippen LogP contribution in [0.4, 0.5) is 0 Å². The molecule has 1 N–H and O–H groups in total. The molecule has 0 amide bonds. The van der Waals surface area contributed by atoms with E-state index in [-0.39, 0.29) is 13.2 Å². The van der Waals surface area contributed by atoms with Crippen LogP contribution in [0.15, 0.2) is 24.3 Å². The molecule has 0 spiro atoms. The lowest BCUT2D eigenvalue weighted by Crippen LogP contribution is -2.27. The number of aliphatic hydroxyl groups is 1. The quantitative estimate of drug-likeness (QED) is 0.391. The van der Waals surface area contributed by atoms with Crippen LogP contribution >= 0.6 is 0 Å². The summed E-state index contributed by atoms with van der Waals surface area (Å²) in [7, 11) is 0. The zero-order valence-electron chi connectivity index (χ0n) is 9.28. The molecule has 0 aliphatic rings. The summed E-state index contributed by atoms with van der Waals surface area (Å²) in [6.07, 6.45) is -0.645. The van der Waals surface area contributed by atoms with Crippen LogP contribution < -0.4 is 0 Å². The van der Waals surface area contributed by atoms with Crippen molar-refractivity contribution in [1.82, 2.24) is 0 Å². The van der Waals surface area contributed by atoms with Gasteiger partial charge in [0, 0.05) is 5.57 Å². The van der Waals surface area contributed by atoms with E-state index in [1.807, 2.05) is 6.92 Å². The lowest BCUT2D eigenvalue weighted by atomic mass is 10.3. The van der Waals surface area contributed by atoms with Crippen LogP contribution in [0.3, 0.4) is 0 Å². The molecular weight excluding hydrogens is 196 g/mol. The predicted molar refractivity (Wildman–Crippen MR) is 57.4 cm³/mol. The highest BCUT2D eigenvalue weighted by Crippen LogP contribution is 2.00. The Balaban J connectivity index is 3.87. The summed E-state index contributed by atoms with van der Waals surface area (Å²) in [6, 6.07) is 0. The molecule has 0 fully saturated rings. The number of carbonyl (C=O) groups excluding carboxylic acids is 1. The summed E-state index contributed by atoms with van der Waals surface area (Å²) in [5, 5.41) is 8.91. The van der Waals surface area contributed by atoms with Crippen molar-refractivity contribution in [1.29, 1.82) is 0 Å². The molecule has 15 heavy (non-hydrogen) atoms. The van der Waals surface area contributed by atoms with E-state index in [1.54, 1.807) is 6.92 Å². The van der Waals surface area contributed by atoms with Crippen molar-refractivity contribution < 1.29 is 19.4 Å². The second-order valence-electron chi connectivity index (χ2n) is 3.46. The van der Waals surface area contributed by atoms with Gasteiger partial charge in [0.05, 0.1) is 19.8 Å². The first-order chi connectivity index (χ1) is 6.97. The molecule has 0 radical (unpaired) electrons. The summed E-state index contributed by atoms with van der Waals surface area (Å²) in [5.74, 6) is -0.520. The maximum atomic E-state index is 11.1. The Morgan fingerprint density at radius 1 is 1.40 bits per heavy atom. The third-order valence-electron chi connectivity index (χ3n) is 1.48. The highest BCUT2D eigenvalue weighted by atomic mass is 16.6. The number of hydrogen-bond acceptors (Lipinski definition) is 4. The minimum Gasteiger partial charge on any atom is -0.454 e. The molecule has 4 heteroatoms. The number of hydrogen-bond donors (Lipinski definition) is 1. The molecule has 1 unspecified atom stereocenters. The van der Waals surface area contributed by atoms with Crippen LogP contribution in [0.5, 0.6) is 0 Å². The van der Waals surface area contributed by atoms with Gasteiger partial charge in [-0.05, 0) is 13.8 Å². The highest BCUT2D eigenvalue weighted by molar-refractivity contribution is 5.87. The van der Waals surface area contributed by atoms with Gasteiger partial charge >= 0.3 is 5.97 Å². The minimum absolute atomic E-state index is 0.155. The Bertz CT molecular complexity index is 245. The van der Waals surface area contributed by atoms with Gasteiger partial charge < -0.3 is 14.6 Å². The van der Waals surface area contributed by atoms with Gasteiger partial charge in [0.1, 0.15) is 6.10 Å². The second kappa shape index (κ2) is 7.20. The molecule has 0 aromatic rings. The lowest BCUT2D eigenvalue weighted by molar-refractivity contribution is -0.149. The lowest BCUT2D eigenvalue weighted by Gasteiger charge is -2.15. The van der Waals surface area contributed by atoms with Gasteiger partial charge in [-0.1, -0.05) is 18.7 Å². The highest BCUT2D eigenvalue weighted by Gasteiger charge is 2.13. The third kappa shape index (κ3) is 6.88. The molecule has 0 aliphatic heterocycles. The average Bonchev–Trinajstić information content (AvgIpc) is 2.15. The standard InChI is InChI=1S/C11H18O4/c1-8(2)6-14-7-10(5-12)15-11(13)9(3)4/h10,12H,1,3,5-7H2,2,4H3. The van der Waals surface area contributed by atoms with Gasteiger partial charge in [-0.2, -0.15) is 0 Å². The van der Waals surface area contributed by atoms with Crippen LogP contribution in [0, 0.1) is 0 Å². The van der Waals surface area contributed by atoms with E-state index < -0.39 is 12.1 Å². The van der Waals surface area contributed by atoms with Crippen molar-refractivity contribution in [2.24, 2.45) is 0 Å². The molecule has 4 nitrogen and oxygen atoms in total. The first kappa shape index (κ1) is 13.9. The summed E-state index contributed by atoms with van der Waals surface area (Å²) in [4.78, 5) is 11.1. The summed E-state index contributed by atoms with van der Waals surface area (Å²) in [6.45, 7) is 10.7. The van der Waals surface area contributed by atoms with Gasteiger partial charge in [0.2, 0.25) is 0 Å². The molecule has 0 saturated carbocycles. The largest absolute Gasteiger partial charge is 0.454 e. The first-order valence-electron chi connectivity index (χ1n) is 4.66. The molecule has 86 valence electrons. The van der Waals surface area contributed by atoms with Crippen molar-refractivity contribution in [3.63, 3.8) is 0 Å². The summed E-state index contributed by atoms with van der Waals surface area (Å²) in [5.41, 5.74) is 1.17. The number of ether oxygens (including phenoxy) is 2. The van der Waals surface area contributed by atoms with E-state index in [2.05, 4.69) is 13.2 Å². The zero-order chi connectivity index (χ0) is 11.8. The van der Waals surface area contributed by atoms with Gasteiger partial charge in [0.25, 0.3) is 0 Å². The van der Waals surface area contributed by atoms with E-state index >= 15 is 0 Å². The molecule has 0 rings (SSSR count). The summed E-state index contributed by atoms with van der Waals surface area (Å²) >= 11 is 0. The molecule has 0 heterocycles. The molecule has 0 aromatic heterocycles. The minimum atomic E-state index is -0.645. The van der Waals surface area contributed by atoms with Crippen molar-refractivity contribution in [2.45, 2.75) is 20.0 Å². The van der Waals surface area contributed by atoms with Gasteiger partial charge in [-0.3, -0.25) is 0 Å². The SMILES string of the molecule is C=C(C)COCC(CO)OC(=O)C(=C)C. The number of carbonyl (C=O) groups is 1. The zero-order valence-corrected chi connectivity index (χ0v) is 9.28. The Morgan fingerprint density at radius 3 is 2.40 bits per heavy atom. The van der Waals surface area contributed by atoms with Gasteiger partial charge in [-0.25, -0.2) is 4.79 Å². The van der Waals surface area contributed by atoms with Gasteiger partial charge in [0.15, 0.2) is 0 Å². The van der Waals surface area contributed by atoms with Crippen molar-refractivity contribution >= 4 is 5.97 Å². The van der Waals surface area contributed by atoms with E-state index in [0.717, 1.165) is 5.57 Å². The third-order valence-corrected chi connectivity index (χ3v) is 1.48. The van der Waals surface area contributed by atoms with E-state index in [9.17, 15) is 4.79 Å². The number of aliphatic hydroxyl groups excluding tert-OH is 1. The second-order valence-corrected chi connectivity index (χ2v) is 3.46. The summed E-state index contributed by atoms with van der Waals surface area (Å²) < 4.78 is 10.1. The van der Waals surface area contributed by atoms with Crippen LogP contribution in [-0.2, 0) is 14.3 Å². The predicted octanol–water partition coefficient (Wildman–Crippen LogP) is 1.06. The fourth-order valence-electron chi connectivity index (χ4n) is 0.741. The fourth-order valence-corrected chi connectivity index (χ4v) is 0.741. The first-order valence-corrected chi connectivity index (χ1v) is 4.66. The van der Waals surface area contributed by atoms with Gasteiger partial charge in [-0.15, -0.1) is 0 Å².